The van der Waals surface area contributed by atoms with Crippen LogP contribution in [-0.2, 0) is 6.54 Å². The van der Waals surface area contributed by atoms with E-state index in [9.17, 15) is 0 Å². The first-order chi connectivity index (χ1) is 11.8. The lowest BCUT2D eigenvalue weighted by Gasteiger charge is -2.22. The highest BCUT2D eigenvalue weighted by Crippen LogP contribution is 2.40. The zero-order valence-corrected chi connectivity index (χ0v) is 13.7. The molecule has 2 aromatic carbocycles. The standard InChI is InChI=1S/C20H21NO3/c1-3-7-17(16-8-5-4-6-9-16)21-14-15-12-18(22-2)20-19(13-15)23-10-11-24-20/h1,4-6,8-9,12-13,17,21H,7,10-11,14H2,2H3. The lowest BCUT2D eigenvalue weighted by atomic mass is 10.0. The van der Waals surface area contributed by atoms with Crippen LogP contribution >= 0.6 is 0 Å². The molecule has 0 amide bonds. The minimum absolute atomic E-state index is 0.107. The number of hydrogen-bond acceptors (Lipinski definition) is 4. The summed E-state index contributed by atoms with van der Waals surface area (Å²) in [5.41, 5.74) is 2.24. The highest BCUT2D eigenvalue weighted by atomic mass is 16.6. The molecule has 0 saturated heterocycles. The van der Waals surface area contributed by atoms with E-state index in [4.69, 9.17) is 20.6 Å². The Balaban J connectivity index is 1.76. The second kappa shape index (κ2) is 7.76. The first-order valence-corrected chi connectivity index (χ1v) is 8.00. The fraction of sp³-hybridized carbons (Fsp3) is 0.300. The van der Waals surface area contributed by atoms with Crippen molar-refractivity contribution < 1.29 is 14.2 Å². The van der Waals surface area contributed by atoms with Gasteiger partial charge in [0.05, 0.1) is 7.11 Å². The van der Waals surface area contributed by atoms with Crippen LogP contribution < -0.4 is 19.5 Å². The molecule has 2 aromatic rings. The molecule has 1 unspecified atom stereocenters. The third kappa shape index (κ3) is 3.64. The van der Waals surface area contributed by atoms with Crippen molar-refractivity contribution in [2.24, 2.45) is 0 Å². The topological polar surface area (TPSA) is 39.7 Å². The highest BCUT2D eigenvalue weighted by molar-refractivity contribution is 5.54. The number of terminal acetylenes is 1. The molecule has 1 N–H and O–H groups in total. The van der Waals surface area contributed by atoms with Crippen molar-refractivity contribution >= 4 is 0 Å². The fourth-order valence-electron chi connectivity index (χ4n) is 2.78. The minimum atomic E-state index is 0.107. The Morgan fingerprint density at radius 1 is 1.21 bits per heavy atom. The van der Waals surface area contributed by atoms with Crippen LogP contribution in [0.15, 0.2) is 42.5 Å². The summed E-state index contributed by atoms with van der Waals surface area (Å²) in [6.07, 6.45) is 6.16. The number of ether oxygens (including phenoxy) is 3. The van der Waals surface area contributed by atoms with Gasteiger partial charge in [-0.2, -0.15) is 0 Å². The van der Waals surface area contributed by atoms with E-state index in [0.717, 1.165) is 11.3 Å². The number of hydrogen-bond donors (Lipinski definition) is 1. The van der Waals surface area contributed by atoms with Crippen LogP contribution in [0.25, 0.3) is 0 Å². The molecule has 1 aliphatic heterocycles. The van der Waals surface area contributed by atoms with Gasteiger partial charge in [0.25, 0.3) is 0 Å². The van der Waals surface area contributed by atoms with E-state index in [1.165, 1.54) is 5.56 Å². The van der Waals surface area contributed by atoms with Crippen molar-refractivity contribution in [3.05, 3.63) is 53.6 Å². The number of methoxy groups -OCH3 is 1. The van der Waals surface area contributed by atoms with Gasteiger partial charge in [-0.15, -0.1) is 12.3 Å². The summed E-state index contributed by atoms with van der Waals surface area (Å²) in [6, 6.07) is 14.3. The second-order valence-electron chi connectivity index (χ2n) is 5.57. The van der Waals surface area contributed by atoms with E-state index >= 15 is 0 Å². The van der Waals surface area contributed by atoms with Gasteiger partial charge < -0.3 is 19.5 Å². The van der Waals surface area contributed by atoms with Crippen molar-refractivity contribution in [2.45, 2.75) is 19.0 Å². The van der Waals surface area contributed by atoms with E-state index in [-0.39, 0.29) is 6.04 Å². The summed E-state index contributed by atoms with van der Waals surface area (Å²) in [4.78, 5) is 0. The van der Waals surface area contributed by atoms with E-state index in [2.05, 4.69) is 23.4 Å². The molecule has 0 saturated carbocycles. The van der Waals surface area contributed by atoms with Crippen LogP contribution in [0.3, 0.4) is 0 Å². The second-order valence-corrected chi connectivity index (χ2v) is 5.57. The molecule has 1 atom stereocenters. The van der Waals surface area contributed by atoms with Gasteiger partial charge in [0.2, 0.25) is 5.75 Å². The first-order valence-electron chi connectivity index (χ1n) is 8.00. The van der Waals surface area contributed by atoms with Gasteiger partial charge in [0.15, 0.2) is 11.5 Å². The molecular weight excluding hydrogens is 302 g/mol. The summed E-state index contributed by atoms with van der Waals surface area (Å²) in [5, 5.41) is 3.52. The summed E-state index contributed by atoms with van der Waals surface area (Å²) in [5.74, 6) is 4.84. The Bertz CT molecular complexity index is 704. The fourth-order valence-corrected chi connectivity index (χ4v) is 2.78. The Morgan fingerprint density at radius 2 is 2.00 bits per heavy atom. The van der Waals surface area contributed by atoms with Crippen LogP contribution in [0.2, 0.25) is 0 Å². The molecule has 124 valence electrons. The molecule has 1 heterocycles. The smallest absolute Gasteiger partial charge is 0.203 e. The quantitative estimate of drug-likeness (QED) is 0.828. The largest absolute Gasteiger partial charge is 0.493 e. The Kier molecular flexibility index (Phi) is 5.25. The molecule has 24 heavy (non-hydrogen) atoms. The molecule has 0 aromatic heterocycles. The Hall–Kier alpha value is -2.64. The maximum atomic E-state index is 5.68. The van der Waals surface area contributed by atoms with E-state index in [0.29, 0.717) is 37.7 Å². The molecular formula is C20H21NO3. The van der Waals surface area contributed by atoms with Crippen molar-refractivity contribution in [3.8, 4) is 29.6 Å². The molecule has 4 nitrogen and oxygen atoms in total. The normalized spacial score (nSPS) is 13.8. The summed E-state index contributed by atoms with van der Waals surface area (Å²) >= 11 is 0. The number of rotatable bonds is 6. The monoisotopic (exact) mass is 323 g/mol. The first kappa shape index (κ1) is 16.2. The van der Waals surface area contributed by atoms with Crippen molar-refractivity contribution in [3.63, 3.8) is 0 Å². The van der Waals surface area contributed by atoms with Gasteiger partial charge >= 0.3 is 0 Å². The molecule has 0 fully saturated rings. The van der Waals surface area contributed by atoms with E-state index < -0.39 is 0 Å². The van der Waals surface area contributed by atoms with Gasteiger partial charge in [-0.05, 0) is 23.3 Å². The van der Waals surface area contributed by atoms with Crippen LogP contribution in [0.4, 0.5) is 0 Å². The molecule has 1 aliphatic rings. The van der Waals surface area contributed by atoms with E-state index in [1.54, 1.807) is 7.11 Å². The SMILES string of the molecule is C#CCC(NCc1cc(OC)c2c(c1)OCCO2)c1ccccc1. The van der Waals surface area contributed by atoms with Gasteiger partial charge in [-0.1, -0.05) is 30.3 Å². The molecule has 0 radical (unpaired) electrons. The van der Waals surface area contributed by atoms with Crippen LogP contribution in [-0.4, -0.2) is 20.3 Å². The van der Waals surface area contributed by atoms with E-state index in [1.807, 2.05) is 30.3 Å². The maximum Gasteiger partial charge on any atom is 0.203 e. The van der Waals surface area contributed by atoms with Crippen molar-refractivity contribution in [1.29, 1.82) is 0 Å². The minimum Gasteiger partial charge on any atom is -0.493 e. The Labute approximate surface area is 142 Å². The number of nitrogens with one attached hydrogen (secondary N) is 1. The summed E-state index contributed by atoms with van der Waals surface area (Å²) < 4.78 is 16.7. The molecule has 0 aliphatic carbocycles. The number of fused-ring (bicyclic) bond motifs is 1. The molecule has 0 bridgehead atoms. The van der Waals surface area contributed by atoms with Gasteiger partial charge in [0.1, 0.15) is 13.2 Å². The summed E-state index contributed by atoms with van der Waals surface area (Å²) in [7, 11) is 1.63. The molecule has 4 heteroatoms. The average molecular weight is 323 g/mol. The predicted molar refractivity (Wildman–Crippen MR) is 93.5 cm³/mol. The van der Waals surface area contributed by atoms with Crippen LogP contribution in [0, 0.1) is 12.3 Å². The molecule has 0 spiro atoms. The van der Waals surface area contributed by atoms with Crippen molar-refractivity contribution in [1.82, 2.24) is 5.32 Å². The van der Waals surface area contributed by atoms with Crippen LogP contribution in [0.1, 0.15) is 23.6 Å². The Morgan fingerprint density at radius 3 is 2.75 bits per heavy atom. The zero-order chi connectivity index (χ0) is 16.8. The van der Waals surface area contributed by atoms with Gasteiger partial charge in [-0.25, -0.2) is 0 Å². The lowest BCUT2D eigenvalue weighted by molar-refractivity contribution is 0.165. The molecule has 3 rings (SSSR count). The van der Waals surface area contributed by atoms with Gasteiger partial charge in [0, 0.05) is 19.0 Å². The lowest BCUT2D eigenvalue weighted by Crippen LogP contribution is -2.21. The van der Waals surface area contributed by atoms with Crippen LogP contribution in [0.5, 0.6) is 17.2 Å². The average Bonchev–Trinajstić information content (AvgIpc) is 2.65. The highest BCUT2D eigenvalue weighted by Gasteiger charge is 2.19. The number of benzene rings is 2. The maximum absolute atomic E-state index is 5.68. The van der Waals surface area contributed by atoms with Gasteiger partial charge in [-0.3, -0.25) is 0 Å². The third-order valence-corrected chi connectivity index (χ3v) is 3.96. The predicted octanol–water partition coefficient (Wildman–Crippen LogP) is 3.32. The zero-order valence-electron chi connectivity index (χ0n) is 13.7. The third-order valence-electron chi connectivity index (χ3n) is 3.96. The summed E-state index contributed by atoms with van der Waals surface area (Å²) in [6.45, 7) is 1.75. The van der Waals surface area contributed by atoms with Crippen molar-refractivity contribution in [2.75, 3.05) is 20.3 Å².